The molecule has 0 rings (SSSR count). The summed E-state index contributed by atoms with van der Waals surface area (Å²) in [6, 6.07) is 0. The van der Waals surface area contributed by atoms with Gasteiger partial charge in [-0.3, -0.25) is 5.01 Å². The molecule has 0 saturated heterocycles. The summed E-state index contributed by atoms with van der Waals surface area (Å²) >= 11 is 5.56. The Labute approximate surface area is 186 Å². The predicted molar refractivity (Wildman–Crippen MR) is 131 cm³/mol. The van der Waals surface area contributed by atoms with Gasteiger partial charge in [0.2, 0.25) is 0 Å². The van der Waals surface area contributed by atoms with E-state index in [2.05, 4.69) is 43.2 Å². The minimum absolute atomic E-state index is 0.163. The van der Waals surface area contributed by atoms with Crippen LogP contribution in [0.4, 0.5) is 0 Å². The van der Waals surface area contributed by atoms with E-state index in [1.54, 1.807) is 5.01 Å². The van der Waals surface area contributed by atoms with Crippen molar-refractivity contribution in [2.75, 3.05) is 6.54 Å². The summed E-state index contributed by atoms with van der Waals surface area (Å²) < 4.78 is 0. The molecule has 0 aromatic carbocycles. The van der Waals surface area contributed by atoms with Crippen LogP contribution in [-0.4, -0.2) is 27.9 Å². The Hall–Kier alpha value is -0.750. The lowest BCUT2D eigenvalue weighted by atomic mass is 9.82. The average Bonchev–Trinajstić information content (AvgIpc) is 2.59. The molecule has 0 saturated carbocycles. The van der Waals surface area contributed by atoms with Gasteiger partial charge in [-0.2, -0.15) is 10.2 Å². The number of hydrogen-bond acceptors (Lipinski definition) is 4. The molecule has 0 bridgehead atoms. The fourth-order valence-electron chi connectivity index (χ4n) is 2.76. The van der Waals surface area contributed by atoms with Crippen LogP contribution in [0.25, 0.3) is 0 Å². The number of thiocarbonyl (C=S) groups is 1. The standard InChI is InChI=1S/C23H49N5S/c1-9-10-11-12-13-14-15-16-17-18-19-28(24)20(29)25-23(8,21(2,3)4)27-26-22(5,6)7/h9-19,24H2,1-8H3,(H,25,29)/b27-26+. The van der Waals surface area contributed by atoms with Crippen LogP contribution in [0.15, 0.2) is 10.2 Å². The predicted octanol–water partition coefficient (Wildman–Crippen LogP) is 6.97. The second kappa shape index (κ2) is 13.5. The van der Waals surface area contributed by atoms with Crippen molar-refractivity contribution < 1.29 is 0 Å². The molecule has 0 aliphatic heterocycles. The molecule has 0 heterocycles. The van der Waals surface area contributed by atoms with Gasteiger partial charge in [0.05, 0.1) is 5.54 Å². The number of hydrazine groups is 1. The molecule has 6 heteroatoms. The van der Waals surface area contributed by atoms with E-state index in [0.29, 0.717) is 5.11 Å². The van der Waals surface area contributed by atoms with E-state index < -0.39 is 5.66 Å². The van der Waals surface area contributed by atoms with Crippen LogP contribution in [0.3, 0.4) is 0 Å². The van der Waals surface area contributed by atoms with Crippen LogP contribution in [0.5, 0.6) is 0 Å². The molecule has 3 N–H and O–H groups in total. The fourth-order valence-corrected chi connectivity index (χ4v) is 3.05. The Kier molecular flexibility index (Phi) is 13.2. The molecule has 1 unspecified atom stereocenters. The monoisotopic (exact) mass is 427 g/mol. The van der Waals surface area contributed by atoms with Crippen molar-refractivity contribution in [1.82, 2.24) is 10.3 Å². The SMILES string of the molecule is CCCCCCCCCCCCN(N)C(=S)NC(C)(/N=N/C(C)(C)C)C(C)(C)C. The van der Waals surface area contributed by atoms with Crippen molar-refractivity contribution in [2.45, 2.75) is 131 Å². The van der Waals surface area contributed by atoms with E-state index in [1.807, 2.05) is 27.7 Å². The Morgan fingerprint density at radius 1 is 0.793 bits per heavy atom. The van der Waals surface area contributed by atoms with Gasteiger partial charge in [0, 0.05) is 12.0 Å². The van der Waals surface area contributed by atoms with Gasteiger partial charge in [-0.05, 0) is 46.3 Å². The first-order chi connectivity index (χ1) is 13.3. The van der Waals surface area contributed by atoms with E-state index in [-0.39, 0.29) is 11.0 Å². The van der Waals surface area contributed by atoms with Crippen LogP contribution in [0.2, 0.25) is 0 Å². The van der Waals surface area contributed by atoms with Gasteiger partial charge < -0.3 is 5.32 Å². The molecular weight excluding hydrogens is 378 g/mol. The third-order valence-electron chi connectivity index (χ3n) is 5.37. The van der Waals surface area contributed by atoms with Crippen LogP contribution < -0.4 is 11.2 Å². The van der Waals surface area contributed by atoms with Gasteiger partial charge in [0.15, 0.2) is 10.8 Å². The van der Waals surface area contributed by atoms with Crippen LogP contribution in [-0.2, 0) is 0 Å². The van der Waals surface area contributed by atoms with Crippen molar-refractivity contribution >= 4 is 17.3 Å². The summed E-state index contributed by atoms with van der Waals surface area (Å²) in [5.74, 6) is 6.22. The highest BCUT2D eigenvalue weighted by atomic mass is 32.1. The maximum absolute atomic E-state index is 6.22. The van der Waals surface area contributed by atoms with E-state index in [9.17, 15) is 0 Å². The zero-order valence-electron chi connectivity index (χ0n) is 20.6. The lowest BCUT2D eigenvalue weighted by Gasteiger charge is -2.40. The Morgan fingerprint density at radius 2 is 1.24 bits per heavy atom. The number of rotatable bonds is 13. The lowest BCUT2D eigenvalue weighted by Crippen LogP contribution is -2.58. The van der Waals surface area contributed by atoms with Gasteiger partial charge in [0.1, 0.15) is 0 Å². The topological polar surface area (TPSA) is 66.0 Å². The maximum atomic E-state index is 6.22. The highest BCUT2D eigenvalue weighted by molar-refractivity contribution is 7.80. The van der Waals surface area contributed by atoms with Gasteiger partial charge in [-0.25, -0.2) is 5.84 Å². The van der Waals surface area contributed by atoms with Gasteiger partial charge in [0.25, 0.3) is 0 Å². The number of unbranched alkanes of at least 4 members (excludes halogenated alkanes) is 9. The molecule has 0 spiro atoms. The third kappa shape index (κ3) is 13.2. The summed E-state index contributed by atoms with van der Waals surface area (Å²) in [5, 5.41) is 14.6. The van der Waals surface area contributed by atoms with E-state index in [0.717, 1.165) is 13.0 Å². The molecular formula is C23H49N5S. The Balaban J connectivity index is 4.31. The Morgan fingerprint density at radius 3 is 1.66 bits per heavy atom. The van der Waals surface area contributed by atoms with Crippen molar-refractivity contribution in [3.8, 4) is 0 Å². The average molecular weight is 428 g/mol. The summed E-state index contributed by atoms with van der Waals surface area (Å²) in [4.78, 5) is 0. The van der Waals surface area contributed by atoms with Gasteiger partial charge in [-0.15, -0.1) is 0 Å². The smallest absolute Gasteiger partial charge is 0.185 e. The lowest BCUT2D eigenvalue weighted by molar-refractivity contribution is 0.172. The minimum atomic E-state index is -0.618. The molecule has 172 valence electrons. The van der Waals surface area contributed by atoms with E-state index >= 15 is 0 Å². The van der Waals surface area contributed by atoms with Crippen LogP contribution >= 0.6 is 12.2 Å². The van der Waals surface area contributed by atoms with Crippen molar-refractivity contribution in [2.24, 2.45) is 21.5 Å². The van der Waals surface area contributed by atoms with Gasteiger partial charge >= 0.3 is 0 Å². The van der Waals surface area contributed by atoms with Crippen molar-refractivity contribution in [1.29, 1.82) is 0 Å². The quantitative estimate of drug-likeness (QED) is 0.109. The second-order valence-electron chi connectivity index (χ2n) is 10.5. The first-order valence-corrected chi connectivity index (χ1v) is 12.0. The number of hydrogen-bond donors (Lipinski definition) is 2. The molecule has 5 nitrogen and oxygen atoms in total. The molecule has 0 aromatic rings. The molecule has 0 aliphatic rings. The summed E-state index contributed by atoms with van der Waals surface area (Å²) in [5.41, 5.74) is -1.01. The molecule has 0 amide bonds. The maximum Gasteiger partial charge on any atom is 0.185 e. The highest BCUT2D eigenvalue weighted by Crippen LogP contribution is 2.32. The summed E-state index contributed by atoms with van der Waals surface area (Å²) in [6.45, 7) is 17.6. The molecule has 0 aliphatic carbocycles. The number of nitrogens with zero attached hydrogens (tertiary/aromatic N) is 3. The molecule has 0 radical (unpaired) electrons. The summed E-state index contributed by atoms with van der Waals surface area (Å²) in [6.07, 6.45) is 13.1. The van der Waals surface area contributed by atoms with E-state index in [4.69, 9.17) is 18.1 Å². The fraction of sp³-hybridized carbons (Fsp3) is 0.957. The molecule has 1 atom stereocenters. The van der Waals surface area contributed by atoms with Crippen LogP contribution in [0.1, 0.15) is 120 Å². The first-order valence-electron chi connectivity index (χ1n) is 11.6. The van der Waals surface area contributed by atoms with Crippen molar-refractivity contribution in [3.05, 3.63) is 0 Å². The van der Waals surface area contributed by atoms with Gasteiger partial charge in [-0.1, -0.05) is 85.5 Å². The number of nitrogens with one attached hydrogen (secondary N) is 1. The van der Waals surface area contributed by atoms with Crippen molar-refractivity contribution in [3.63, 3.8) is 0 Å². The number of azo groups is 1. The molecule has 0 aromatic heterocycles. The highest BCUT2D eigenvalue weighted by Gasteiger charge is 2.39. The van der Waals surface area contributed by atoms with Crippen LogP contribution in [0, 0.1) is 5.41 Å². The normalized spacial score (nSPS) is 14.8. The van der Waals surface area contributed by atoms with E-state index in [1.165, 1.54) is 57.8 Å². The Bertz CT molecular complexity index is 479. The largest absolute Gasteiger partial charge is 0.336 e. The molecule has 0 fully saturated rings. The summed E-state index contributed by atoms with van der Waals surface area (Å²) in [7, 11) is 0. The third-order valence-corrected chi connectivity index (χ3v) is 5.71. The first kappa shape index (κ1) is 28.2. The zero-order valence-corrected chi connectivity index (χ0v) is 21.4. The molecule has 29 heavy (non-hydrogen) atoms. The zero-order chi connectivity index (χ0) is 22.6. The minimum Gasteiger partial charge on any atom is -0.336 e. The number of nitrogens with two attached hydrogens (primary N) is 1. The second-order valence-corrected chi connectivity index (χ2v) is 10.9.